The minimum Gasteiger partial charge on any atom is -0.462 e. The van der Waals surface area contributed by atoms with Crippen LogP contribution in [0, 0.1) is 13.8 Å². The Hall–Kier alpha value is -4.75. The topological polar surface area (TPSA) is 202 Å². The summed E-state index contributed by atoms with van der Waals surface area (Å²) in [6, 6.07) is 14.4. The number of aliphatic imine (C=N–C) groups is 2. The molecule has 4 aromatic carbocycles. The van der Waals surface area contributed by atoms with Crippen LogP contribution in [0.4, 0.5) is 11.4 Å². The number of allylic oxidation sites excluding steroid dienone is 4. The van der Waals surface area contributed by atoms with E-state index >= 15 is 0 Å². The molecule has 23 heteroatoms. The molecule has 0 spiro atoms. The summed E-state index contributed by atoms with van der Waals surface area (Å²) in [6.07, 6.45) is 5.74. The van der Waals surface area contributed by atoms with Gasteiger partial charge in [-0.1, -0.05) is 82.8 Å². The van der Waals surface area contributed by atoms with Crippen LogP contribution in [-0.4, -0.2) is 68.5 Å². The minimum atomic E-state index is -4.10. The van der Waals surface area contributed by atoms with Gasteiger partial charge in [0.05, 0.1) is 33.3 Å². The largest absolute Gasteiger partial charge is 0.462 e. The van der Waals surface area contributed by atoms with Crippen molar-refractivity contribution in [2.24, 2.45) is 9.98 Å². The van der Waals surface area contributed by atoms with Crippen molar-refractivity contribution in [1.82, 2.24) is 0 Å². The Morgan fingerprint density at radius 3 is 1.51 bits per heavy atom. The van der Waals surface area contributed by atoms with Crippen molar-refractivity contribution < 1.29 is 45.4 Å². The first kappa shape index (κ1) is 58.4. The number of halogens is 7. The summed E-state index contributed by atoms with van der Waals surface area (Å²) >= 11 is 35.2. The molecule has 360 valence electrons. The molecular formula is C44H43Cl7N4O10S2. The van der Waals surface area contributed by atoms with Gasteiger partial charge in [0.25, 0.3) is 19.1 Å². The predicted octanol–water partition coefficient (Wildman–Crippen LogP) is 12.4. The van der Waals surface area contributed by atoms with Crippen LogP contribution in [0.15, 0.2) is 127 Å². The summed E-state index contributed by atoms with van der Waals surface area (Å²) in [6.45, 7) is 14.3. The number of carbonyl (C=O) groups is 2. The third kappa shape index (κ3) is 19.0. The third-order valence-electron chi connectivity index (χ3n) is 7.71. The monoisotopic (exact) mass is 1100 g/mol. The maximum absolute atomic E-state index is 13.0. The molecule has 0 amide bonds. The summed E-state index contributed by atoms with van der Waals surface area (Å²) in [7, 11) is 0.419. The van der Waals surface area contributed by atoms with E-state index in [0.29, 0.717) is 37.6 Å². The van der Waals surface area contributed by atoms with Gasteiger partial charge in [0.1, 0.15) is 43.9 Å². The van der Waals surface area contributed by atoms with Crippen molar-refractivity contribution >= 4 is 135 Å². The van der Waals surface area contributed by atoms with E-state index in [4.69, 9.17) is 105 Å². The van der Waals surface area contributed by atoms with Crippen molar-refractivity contribution in [2.75, 3.05) is 37.8 Å². The van der Waals surface area contributed by atoms with Gasteiger partial charge >= 0.3 is 11.9 Å². The first-order valence-electron chi connectivity index (χ1n) is 18.9. The van der Waals surface area contributed by atoms with Crippen molar-refractivity contribution in [1.29, 1.82) is 0 Å². The second-order valence-corrected chi connectivity index (χ2v) is 19.7. The van der Waals surface area contributed by atoms with E-state index in [0.717, 1.165) is 0 Å². The van der Waals surface area contributed by atoms with Gasteiger partial charge < -0.3 is 24.7 Å². The van der Waals surface area contributed by atoms with Gasteiger partial charge in [0.2, 0.25) is 0 Å². The summed E-state index contributed by atoms with van der Waals surface area (Å²) in [5.41, 5.74) is 7.21. The van der Waals surface area contributed by atoms with E-state index in [1.807, 2.05) is 0 Å². The number of ether oxygens (including phenoxy) is 4. The van der Waals surface area contributed by atoms with Crippen LogP contribution in [0.2, 0.25) is 20.1 Å². The Labute approximate surface area is 424 Å². The smallest absolute Gasteiger partial charge is 0.342 e. The van der Waals surface area contributed by atoms with Crippen LogP contribution in [0.1, 0.15) is 45.7 Å². The number of sulfonamides is 1. The molecule has 0 bridgehead atoms. The number of aryl methyl sites for hydroxylation is 2. The lowest BCUT2D eigenvalue weighted by Crippen LogP contribution is -2.16. The highest BCUT2D eigenvalue weighted by molar-refractivity contribution is 8.13. The molecule has 0 atom stereocenters. The molecule has 0 aliphatic heterocycles. The number of hydrogen-bond acceptors (Lipinski definition) is 13. The maximum Gasteiger partial charge on any atom is 0.342 e. The van der Waals surface area contributed by atoms with Gasteiger partial charge in [-0.05, 0) is 99.5 Å². The highest BCUT2D eigenvalue weighted by Crippen LogP contribution is 2.33. The molecule has 4 rings (SSSR count). The van der Waals surface area contributed by atoms with Crippen LogP contribution >= 0.6 is 80.3 Å². The fraction of sp³-hybridized carbons (Fsp3) is 0.182. The summed E-state index contributed by atoms with van der Waals surface area (Å²) in [5, 5.41) is 1.32. The van der Waals surface area contributed by atoms with E-state index in [9.17, 15) is 26.4 Å². The number of esters is 2. The van der Waals surface area contributed by atoms with E-state index in [2.05, 4.69) is 27.9 Å². The minimum absolute atomic E-state index is 0.0224. The van der Waals surface area contributed by atoms with E-state index in [1.54, 1.807) is 53.9 Å². The quantitative estimate of drug-likeness (QED) is 0.0270. The highest BCUT2D eigenvalue weighted by atomic mass is 35.7. The summed E-state index contributed by atoms with van der Waals surface area (Å²) in [5.74, 6) is -0.458. The summed E-state index contributed by atoms with van der Waals surface area (Å²) in [4.78, 5) is 31.7. The molecule has 0 unspecified atom stereocenters. The zero-order chi connectivity index (χ0) is 50.8. The highest BCUT2D eigenvalue weighted by Gasteiger charge is 2.24. The van der Waals surface area contributed by atoms with Gasteiger partial charge in [0.15, 0.2) is 0 Å². The van der Waals surface area contributed by atoms with Crippen molar-refractivity contribution in [2.45, 2.75) is 37.5 Å². The molecule has 3 N–H and O–H groups in total. The third-order valence-corrected chi connectivity index (χ3v) is 12.5. The molecule has 0 aliphatic carbocycles. The van der Waals surface area contributed by atoms with Crippen molar-refractivity contribution in [3.05, 3.63) is 150 Å². The van der Waals surface area contributed by atoms with Crippen LogP contribution in [0.25, 0.3) is 0 Å². The SMILES string of the molecule is C=C(/C=C(/Cl)C=NC)Oc1ccc(N)cc1C(=O)OCC.C=C(/C=C(/Cl)C=NC)Oc1ccc(NS(=O)(=O)c2c(C)cc(Cl)cc2Cl)cc1C(=O)OCC.Cc1cc(Cl)cc(Cl)c1S(=O)(=O)Cl. The zero-order valence-electron chi connectivity index (χ0n) is 36.4. The number of nitrogens with one attached hydrogen (secondary N) is 1. The number of benzene rings is 4. The number of nitrogens with two attached hydrogens (primary N) is 1. The first-order valence-corrected chi connectivity index (χ1v) is 24.9. The number of rotatable bonds is 16. The Morgan fingerprint density at radius 1 is 0.687 bits per heavy atom. The number of carbonyl (C=O) groups excluding carboxylic acids is 2. The van der Waals surface area contributed by atoms with Gasteiger partial charge in [-0.2, -0.15) is 0 Å². The normalized spacial score (nSPS) is 11.8. The van der Waals surface area contributed by atoms with Gasteiger partial charge in [-0.3, -0.25) is 14.7 Å². The molecule has 0 saturated heterocycles. The number of hydrogen-bond donors (Lipinski definition) is 2. The molecule has 0 heterocycles. The maximum atomic E-state index is 13.0. The molecule has 0 radical (unpaired) electrons. The van der Waals surface area contributed by atoms with Crippen LogP contribution in [0.5, 0.6) is 11.5 Å². The molecule has 0 aliphatic rings. The fourth-order valence-corrected chi connectivity index (χ4v) is 10.3. The number of nitrogen functional groups attached to an aromatic ring is 1. The molecular weight excluding hydrogens is 1060 g/mol. The lowest BCUT2D eigenvalue weighted by molar-refractivity contribution is 0.0513. The number of anilines is 2. The Balaban J connectivity index is 0.000000385. The Bertz CT molecular complexity index is 2810. The Kier molecular flexibility index (Phi) is 23.8. The van der Waals surface area contributed by atoms with Crippen molar-refractivity contribution in [3.8, 4) is 11.5 Å². The van der Waals surface area contributed by atoms with Crippen molar-refractivity contribution in [3.63, 3.8) is 0 Å². The number of nitrogens with zero attached hydrogens (tertiary/aromatic N) is 2. The van der Waals surface area contributed by atoms with Crippen LogP contribution in [0.3, 0.4) is 0 Å². The predicted molar refractivity (Wildman–Crippen MR) is 272 cm³/mol. The molecule has 0 saturated carbocycles. The molecule has 0 fully saturated rings. The first-order chi connectivity index (χ1) is 31.3. The average Bonchev–Trinajstić information content (AvgIpc) is 3.18. The zero-order valence-corrected chi connectivity index (χ0v) is 43.4. The van der Waals surface area contributed by atoms with Gasteiger partial charge in [0, 0.05) is 70.8 Å². The van der Waals surface area contributed by atoms with E-state index in [1.165, 1.54) is 73.1 Å². The van der Waals surface area contributed by atoms with Crippen LogP contribution < -0.4 is 19.9 Å². The van der Waals surface area contributed by atoms with E-state index < -0.39 is 31.0 Å². The lowest BCUT2D eigenvalue weighted by atomic mass is 10.2. The lowest BCUT2D eigenvalue weighted by Gasteiger charge is -2.15. The fourth-order valence-electron chi connectivity index (χ4n) is 5.26. The molecule has 0 aromatic heterocycles. The standard InChI is InChI=1S/C22H21Cl3N2O5S.C15H17ClN2O3.C7H5Cl3O2S/c1-5-31-22(28)18-11-17(6-7-20(18)32-14(3)9-16(24)12-26-4)27-33(29,30)21-13(2)8-15(23)10-19(21)25;1-4-20-15(19)13-8-12(17)5-6-14(13)21-10(2)7-11(16)9-18-3;1-4-2-5(8)3-6(9)7(4)13(10,11)12/h6-12,27H,3,5H2,1-2,4H3;5-9H,2,4,17H2,1,3H3;2-3H,1H3/b16-9+,26-12?;11-7+,18-9?;. The van der Waals surface area contributed by atoms with Gasteiger partial charge in [-0.15, -0.1) is 0 Å². The van der Waals surface area contributed by atoms with Gasteiger partial charge in [-0.25, -0.2) is 26.4 Å². The summed E-state index contributed by atoms with van der Waals surface area (Å²) < 4.78 is 71.6. The Morgan fingerprint density at radius 2 is 1.10 bits per heavy atom. The molecule has 4 aromatic rings. The second-order valence-electron chi connectivity index (χ2n) is 13.0. The van der Waals surface area contributed by atoms with E-state index in [-0.39, 0.29) is 72.2 Å². The molecule has 67 heavy (non-hydrogen) atoms. The average molecular weight is 1100 g/mol. The second kappa shape index (κ2) is 27.3. The molecule has 14 nitrogen and oxygen atoms in total. The van der Waals surface area contributed by atoms with Crippen LogP contribution in [-0.2, 0) is 28.5 Å².